The third-order valence-electron chi connectivity index (χ3n) is 5.35. The van der Waals surface area contributed by atoms with Crippen molar-refractivity contribution in [2.45, 2.75) is 6.92 Å². The molecule has 0 saturated carbocycles. The molecule has 3 aromatic carbocycles. The van der Waals surface area contributed by atoms with Crippen LogP contribution in [-0.2, 0) is 0 Å². The van der Waals surface area contributed by atoms with E-state index in [1.807, 2.05) is 25.1 Å². The number of hydrogen-bond donors (Lipinski definition) is 2. The first kappa shape index (κ1) is 18.1. The summed E-state index contributed by atoms with van der Waals surface area (Å²) < 4.78 is 15.6. The van der Waals surface area contributed by atoms with Gasteiger partial charge < -0.3 is 10.0 Å². The third kappa shape index (κ3) is 2.91. The number of anilines is 2. The molecule has 2 heterocycles. The van der Waals surface area contributed by atoms with Crippen molar-refractivity contribution >= 4 is 45.3 Å². The Bertz CT molecular complexity index is 1310. The van der Waals surface area contributed by atoms with Crippen LogP contribution >= 0.6 is 0 Å². The molecule has 0 atom stereocenters. The largest absolute Gasteiger partial charge is 0.478 e. The fourth-order valence-electron chi connectivity index (χ4n) is 3.92. The molecule has 0 aliphatic carbocycles. The van der Waals surface area contributed by atoms with E-state index in [1.165, 1.54) is 12.1 Å². The number of nitrogens with one attached hydrogen (secondary N) is 1. The van der Waals surface area contributed by atoms with Crippen LogP contribution in [0.3, 0.4) is 0 Å². The summed E-state index contributed by atoms with van der Waals surface area (Å²) in [6.45, 7) is 2.63. The van der Waals surface area contributed by atoms with Crippen molar-refractivity contribution in [3.63, 3.8) is 0 Å². The number of hydrogen-bond acceptors (Lipinski definition) is 3. The van der Waals surface area contributed by atoms with E-state index in [0.29, 0.717) is 6.54 Å². The van der Waals surface area contributed by atoms with E-state index in [1.54, 1.807) is 30.5 Å². The Morgan fingerprint density at radius 3 is 2.57 bits per heavy atom. The number of carbonyl (C=O) groups is 1. The van der Waals surface area contributed by atoms with E-state index in [2.05, 4.69) is 25.7 Å². The van der Waals surface area contributed by atoms with Gasteiger partial charge in [0.15, 0.2) is 5.71 Å². The maximum absolute atomic E-state index is 13.5. The minimum atomic E-state index is -0.954. The number of halogens is 1. The molecule has 0 fully saturated rings. The second-order valence-electron chi connectivity index (χ2n) is 7.28. The third-order valence-corrected chi connectivity index (χ3v) is 5.35. The van der Waals surface area contributed by atoms with E-state index in [4.69, 9.17) is 0 Å². The van der Waals surface area contributed by atoms with Gasteiger partial charge in [-0.25, -0.2) is 9.18 Å². The lowest BCUT2D eigenvalue weighted by atomic mass is 10.1. The Morgan fingerprint density at radius 1 is 1.13 bits per heavy atom. The van der Waals surface area contributed by atoms with Gasteiger partial charge in [-0.3, -0.25) is 5.10 Å². The van der Waals surface area contributed by atoms with Gasteiger partial charge in [-0.1, -0.05) is 0 Å². The van der Waals surface area contributed by atoms with E-state index in [0.717, 1.165) is 39.4 Å². The van der Waals surface area contributed by atoms with Crippen LogP contribution in [0.2, 0.25) is 0 Å². The van der Waals surface area contributed by atoms with Gasteiger partial charge in [0.05, 0.1) is 17.3 Å². The van der Waals surface area contributed by atoms with Crippen LogP contribution in [0, 0.1) is 5.82 Å². The summed E-state index contributed by atoms with van der Waals surface area (Å²) in [4.78, 5) is 13.4. The van der Waals surface area contributed by atoms with Crippen LogP contribution in [0.1, 0.15) is 17.3 Å². The lowest BCUT2D eigenvalue weighted by molar-refractivity contribution is 0.0697. The molecule has 0 bridgehead atoms. The van der Waals surface area contributed by atoms with E-state index in [9.17, 15) is 14.3 Å². The number of aromatic carboxylic acids is 1. The van der Waals surface area contributed by atoms with Crippen LogP contribution in [0.5, 0.6) is 0 Å². The van der Waals surface area contributed by atoms with Crippen molar-refractivity contribution < 1.29 is 14.3 Å². The van der Waals surface area contributed by atoms with Crippen molar-refractivity contribution in [2.24, 2.45) is 0 Å². The Labute approximate surface area is 171 Å². The molecule has 0 amide bonds. The Hall–Kier alpha value is -4.00. The van der Waals surface area contributed by atoms with Gasteiger partial charge in [-0.15, -0.1) is 0 Å². The average molecular weight is 401 g/mol. The zero-order valence-corrected chi connectivity index (χ0v) is 16.1. The summed E-state index contributed by atoms with van der Waals surface area (Å²) in [5.41, 5.74) is 5.86. The molecule has 2 N–H and O–H groups in total. The van der Waals surface area contributed by atoms with Crippen molar-refractivity contribution in [3.05, 3.63) is 78.2 Å². The molecule has 6 nitrogen and oxygen atoms in total. The summed E-state index contributed by atoms with van der Waals surface area (Å²) in [7, 11) is 0. The van der Waals surface area contributed by atoms with Crippen molar-refractivity contribution in [1.29, 1.82) is 0 Å². The molecule has 148 valence electrons. The number of rotatable bonds is 3. The smallest absolute Gasteiger partial charge is 0.335 e. The number of aromatic amines is 1. The zero-order valence-electron chi connectivity index (χ0n) is 16.1. The number of nitrogens with zero attached hydrogens (tertiary/aromatic N) is 3. The number of benzene rings is 3. The quantitative estimate of drug-likeness (QED) is 0.482. The van der Waals surface area contributed by atoms with Gasteiger partial charge in [-0.05, 0) is 42.5 Å². The van der Waals surface area contributed by atoms with Gasteiger partial charge in [0.2, 0.25) is 11.4 Å². The predicted molar refractivity (Wildman–Crippen MR) is 115 cm³/mol. The van der Waals surface area contributed by atoms with Gasteiger partial charge in [0, 0.05) is 36.2 Å². The average Bonchev–Trinajstić information content (AvgIpc) is 3.20. The Morgan fingerprint density at radius 2 is 1.87 bits per heavy atom. The van der Waals surface area contributed by atoms with Crippen molar-refractivity contribution in [2.75, 3.05) is 11.4 Å². The van der Waals surface area contributed by atoms with Gasteiger partial charge >= 0.3 is 5.97 Å². The number of H-pyrrole nitrogens is 1. The Balaban J connectivity index is 1.70. The molecule has 5 rings (SSSR count). The first-order chi connectivity index (χ1) is 14.5. The molecule has 0 spiro atoms. The summed E-state index contributed by atoms with van der Waals surface area (Å²) in [5.74, 6) is -1.23. The van der Waals surface area contributed by atoms with Crippen LogP contribution in [-0.4, -0.2) is 33.5 Å². The highest BCUT2D eigenvalue weighted by Gasteiger charge is 2.32. The molecule has 4 aromatic rings. The normalized spacial score (nSPS) is 13.6. The van der Waals surface area contributed by atoms with Gasteiger partial charge in [0.25, 0.3) is 0 Å². The molecule has 7 heteroatoms. The van der Waals surface area contributed by atoms with Gasteiger partial charge in [-0.2, -0.15) is 9.67 Å². The van der Waals surface area contributed by atoms with E-state index >= 15 is 0 Å². The molecule has 0 radical (unpaired) electrons. The maximum Gasteiger partial charge on any atom is 0.335 e. The fourth-order valence-corrected chi connectivity index (χ4v) is 3.92. The molecule has 0 unspecified atom stereocenters. The molecule has 1 aliphatic heterocycles. The minimum absolute atomic E-state index is 0.244. The zero-order chi connectivity index (χ0) is 20.8. The molecule has 30 heavy (non-hydrogen) atoms. The summed E-state index contributed by atoms with van der Waals surface area (Å²) in [6.07, 6.45) is 1.77. The number of carboxylic acids is 1. The fraction of sp³-hybridized carbons (Fsp3) is 0.0870. The highest BCUT2D eigenvalue weighted by atomic mass is 19.1. The highest BCUT2D eigenvalue weighted by molar-refractivity contribution is 6.03. The first-order valence-corrected chi connectivity index (χ1v) is 9.47. The van der Waals surface area contributed by atoms with E-state index in [-0.39, 0.29) is 11.4 Å². The molecule has 1 aliphatic rings. The van der Waals surface area contributed by atoms with Crippen LogP contribution in [0.4, 0.5) is 27.1 Å². The van der Waals surface area contributed by atoms with Crippen LogP contribution < -0.4 is 9.48 Å². The second kappa shape index (κ2) is 6.81. The predicted octanol–water partition coefficient (Wildman–Crippen LogP) is 4.85. The SMILES string of the molecule is CC1=[N+](c2ccc(F)cc2)c2cc3cn[nH]c3cc2N(c2ccc(C(=O)O)cc2)C1. The lowest BCUT2D eigenvalue weighted by Crippen LogP contribution is -2.34. The first-order valence-electron chi connectivity index (χ1n) is 9.47. The van der Waals surface area contributed by atoms with E-state index < -0.39 is 5.97 Å². The maximum atomic E-state index is 13.5. The second-order valence-corrected chi connectivity index (χ2v) is 7.28. The number of aromatic nitrogens is 2. The topological polar surface area (TPSA) is 72.2 Å². The standard InChI is InChI=1S/C23H17FN4O2/c1-14-13-27(18-6-2-15(3-7-18)23(29)30)21-11-20-16(12-25-26-20)10-22(21)28(14)19-8-4-17(24)5-9-19/h2-12H,13H2,1H3,(H-,25,26,29,30)/p+1. The highest BCUT2D eigenvalue weighted by Crippen LogP contribution is 2.41. The molecule has 1 aromatic heterocycles. The van der Waals surface area contributed by atoms with Gasteiger partial charge in [0.1, 0.15) is 18.0 Å². The molecular formula is C23H18FN4O2+. The minimum Gasteiger partial charge on any atom is -0.478 e. The lowest BCUT2D eigenvalue weighted by Gasteiger charge is -2.29. The Kier molecular flexibility index (Phi) is 4.10. The number of fused-ring (bicyclic) bond motifs is 2. The van der Waals surface area contributed by atoms with Crippen molar-refractivity contribution in [1.82, 2.24) is 14.8 Å². The number of carboxylic acid groups (broad SMARTS) is 1. The van der Waals surface area contributed by atoms with Crippen LogP contribution in [0.25, 0.3) is 10.9 Å². The van der Waals surface area contributed by atoms with Crippen LogP contribution in [0.15, 0.2) is 66.9 Å². The summed E-state index contributed by atoms with van der Waals surface area (Å²) >= 11 is 0. The summed E-state index contributed by atoms with van der Waals surface area (Å²) in [6, 6.07) is 17.4. The van der Waals surface area contributed by atoms with Crippen molar-refractivity contribution in [3.8, 4) is 0 Å². The molecular weight excluding hydrogens is 383 g/mol. The monoisotopic (exact) mass is 401 g/mol. The summed E-state index contributed by atoms with van der Waals surface area (Å²) in [5, 5.41) is 17.3. The molecule has 0 saturated heterocycles.